The van der Waals surface area contributed by atoms with Gasteiger partial charge in [-0.2, -0.15) is 0 Å². The average Bonchev–Trinajstić information content (AvgIpc) is 3.28. The lowest BCUT2D eigenvalue weighted by Gasteiger charge is -2.20. The topological polar surface area (TPSA) is 66.7 Å². The summed E-state index contributed by atoms with van der Waals surface area (Å²) in [5.41, 5.74) is 0.837. The normalized spacial score (nSPS) is 17.1. The lowest BCUT2D eigenvalue weighted by molar-refractivity contribution is 0.108. The van der Waals surface area contributed by atoms with Crippen LogP contribution >= 0.6 is 0 Å². The molecule has 2 heterocycles. The van der Waals surface area contributed by atoms with Crippen molar-refractivity contribution in [1.29, 1.82) is 0 Å². The Hall–Kier alpha value is -2.90. The molecule has 0 bridgehead atoms. The van der Waals surface area contributed by atoms with Gasteiger partial charge in [-0.15, -0.1) is 0 Å². The van der Waals surface area contributed by atoms with Crippen LogP contribution in [-0.4, -0.2) is 48.6 Å². The van der Waals surface area contributed by atoms with Crippen LogP contribution in [0.2, 0.25) is 0 Å². The molecule has 1 aromatic heterocycles. The summed E-state index contributed by atoms with van der Waals surface area (Å²) in [5, 5.41) is 14.0. The minimum Gasteiger partial charge on any atom is -0.488 e. The molecule has 32 heavy (non-hydrogen) atoms. The molecule has 0 amide bonds. The average molecular weight is 440 g/mol. The van der Waals surface area contributed by atoms with E-state index in [1.807, 2.05) is 24.9 Å². The lowest BCUT2D eigenvalue weighted by atomic mass is 10.1. The molecule has 1 saturated heterocycles. The van der Waals surface area contributed by atoms with Crippen molar-refractivity contribution in [2.24, 2.45) is 0 Å². The highest BCUT2D eigenvalue weighted by Crippen LogP contribution is 2.26. The highest BCUT2D eigenvalue weighted by atomic mass is 19.1. The highest BCUT2D eigenvalue weighted by molar-refractivity contribution is 5.83. The maximum Gasteiger partial charge on any atom is 0.262 e. The van der Waals surface area contributed by atoms with Crippen molar-refractivity contribution in [3.05, 3.63) is 64.8 Å². The molecular weight excluding hydrogens is 409 g/mol. The number of anilines is 1. The van der Waals surface area contributed by atoms with Crippen LogP contribution in [-0.2, 0) is 0 Å². The largest absolute Gasteiger partial charge is 0.488 e. The molecule has 2 atom stereocenters. The van der Waals surface area contributed by atoms with Gasteiger partial charge in [0.1, 0.15) is 17.7 Å². The summed E-state index contributed by atoms with van der Waals surface area (Å²) in [6.45, 7) is 3.55. The first kappa shape index (κ1) is 22.3. The Labute approximate surface area is 187 Å². The van der Waals surface area contributed by atoms with Crippen LogP contribution in [0.5, 0.6) is 5.75 Å². The number of aliphatic hydroxyl groups excluding tert-OH is 1. The van der Waals surface area contributed by atoms with E-state index in [1.165, 1.54) is 10.6 Å². The van der Waals surface area contributed by atoms with Gasteiger partial charge in [0.2, 0.25) is 0 Å². The van der Waals surface area contributed by atoms with Crippen LogP contribution in [0.4, 0.5) is 10.1 Å². The number of benzene rings is 2. The Morgan fingerprint density at radius 2 is 2.09 bits per heavy atom. The van der Waals surface area contributed by atoms with E-state index in [1.54, 1.807) is 36.5 Å². The highest BCUT2D eigenvalue weighted by Gasteiger charge is 2.23. The van der Waals surface area contributed by atoms with Crippen molar-refractivity contribution in [2.45, 2.75) is 38.3 Å². The van der Waals surface area contributed by atoms with Crippen molar-refractivity contribution < 1.29 is 14.2 Å². The van der Waals surface area contributed by atoms with E-state index >= 15 is 0 Å². The van der Waals surface area contributed by atoms with E-state index in [0.29, 0.717) is 28.6 Å². The summed E-state index contributed by atoms with van der Waals surface area (Å²) >= 11 is 0. The molecule has 0 aliphatic carbocycles. The second-order valence-electron chi connectivity index (χ2n) is 8.31. The Morgan fingerprint density at radius 1 is 1.25 bits per heavy atom. The standard InChI is InChI=1S/C25H30FN3O3/c1-3-4-21(16-30)32-20-6-7-22-17(13-20)9-12-29(25(22)31)19-5-8-24(23(26)14-19)28-11-10-18(15-28)27-2/h5-9,12-14,18,21,27,30H,3-4,10-11,15-16H2,1-2H3. The third-order valence-electron chi connectivity index (χ3n) is 6.14. The SMILES string of the molecule is CCCC(CO)Oc1ccc2c(=O)n(-c3ccc(N4CCC(NC)C4)c(F)c3)ccc2c1. The number of ether oxygens (including phenoxy) is 1. The second kappa shape index (κ2) is 9.71. The molecule has 7 heteroatoms. The molecule has 3 aromatic rings. The molecule has 2 N–H and O–H groups in total. The number of rotatable bonds is 8. The van der Waals surface area contributed by atoms with Gasteiger partial charge in [0, 0.05) is 36.8 Å². The molecule has 1 aliphatic heterocycles. The molecule has 4 rings (SSSR count). The van der Waals surface area contributed by atoms with Crippen molar-refractivity contribution in [3.63, 3.8) is 0 Å². The van der Waals surface area contributed by atoms with Gasteiger partial charge < -0.3 is 20.1 Å². The van der Waals surface area contributed by atoms with Gasteiger partial charge in [0.15, 0.2) is 0 Å². The van der Waals surface area contributed by atoms with E-state index in [4.69, 9.17) is 4.74 Å². The van der Waals surface area contributed by atoms with Crippen LogP contribution in [0.3, 0.4) is 0 Å². The van der Waals surface area contributed by atoms with Crippen molar-refractivity contribution in [3.8, 4) is 11.4 Å². The molecule has 0 radical (unpaired) electrons. The van der Waals surface area contributed by atoms with Gasteiger partial charge >= 0.3 is 0 Å². The Bertz CT molecular complexity index is 1150. The minimum atomic E-state index is -0.332. The molecule has 0 saturated carbocycles. The molecular formula is C25H30FN3O3. The van der Waals surface area contributed by atoms with Crippen LogP contribution in [0.15, 0.2) is 53.5 Å². The number of aliphatic hydroxyl groups is 1. The van der Waals surface area contributed by atoms with Gasteiger partial charge in [-0.05, 0) is 61.7 Å². The first-order valence-corrected chi connectivity index (χ1v) is 11.2. The second-order valence-corrected chi connectivity index (χ2v) is 8.31. The number of nitrogens with zero attached hydrogens (tertiary/aromatic N) is 2. The molecule has 2 unspecified atom stereocenters. The Kier molecular flexibility index (Phi) is 6.77. The third kappa shape index (κ3) is 4.49. The summed E-state index contributed by atoms with van der Waals surface area (Å²) in [7, 11) is 1.92. The fourth-order valence-corrected chi connectivity index (χ4v) is 4.32. The smallest absolute Gasteiger partial charge is 0.262 e. The van der Waals surface area contributed by atoms with E-state index < -0.39 is 0 Å². The molecule has 6 nitrogen and oxygen atoms in total. The van der Waals surface area contributed by atoms with E-state index in [9.17, 15) is 14.3 Å². The summed E-state index contributed by atoms with van der Waals surface area (Å²) in [6, 6.07) is 12.4. The zero-order chi connectivity index (χ0) is 22.7. The Balaban J connectivity index is 1.61. The van der Waals surface area contributed by atoms with Crippen molar-refractivity contribution in [1.82, 2.24) is 9.88 Å². The van der Waals surface area contributed by atoms with Crippen LogP contribution < -0.4 is 20.5 Å². The van der Waals surface area contributed by atoms with Gasteiger partial charge in [-0.25, -0.2) is 4.39 Å². The zero-order valence-corrected chi connectivity index (χ0v) is 18.6. The maximum absolute atomic E-state index is 14.9. The number of pyridine rings is 1. The van der Waals surface area contributed by atoms with E-state index in [0.717, 1.165) is 37.7 Å². The first-order valence-electron chi connectivity index (χ1n) is 11.2. The van der Waals surface area contributed by atoms with E-state index in [-0.39, 0.29) is 24.1 Å². The molecule has 1 fully saturated rings. The van der Waals surface area contributed by atoms with Crippen molar-refractivity contribution >= 4 is 16.5 Å². The van der Waals surface area contributed by atoms with Gasteiger partial charge in [-0.3, -0.25) is 9.36 Å². The summed E-state index contributed by atoms with van der Waals surface area (Å²) in [6.07, 6.45) is 4.03. The number of aromatic nitrogens is 1. The van der Waals surface area contributed by atoms with Crippen LogP contribution in [0.25, 0.3) is 16.5 Å². The monoisotopic (exact) mass is 439 g/mol. The molecule has 2 aromatic carbocycles. The summed E-state index contributed by atoms with van der Waals surface area (Å²) in [4.78, 5) is 15.1. The van der Waals surface area contributed by atoms with Gasteiger partial charge in [0.25, 0.3) is 5.56 Å². The Morgan fingerprint density at radius 3 is 2.78 bits per heavy atom. The van der Waals surface area contributed by atoms with Crippen LogP contribution in [0.1, 0.15) is 26.2 Å². The molecule has 170 valence electrons. The zero-order valence-electron chi connectivity index (χ0n) is 18.6. The van der Waals surface area contributed by atoms with E-state index in [2.05, 4.69) is 5.32 Å². The predicted octanol–water partition coefficient (Wildman–Crippen LogP) is 3.47. The minimum absolute atomic E-state index is 0.0535. The number of fused-ring (bicyclic) bond motifs is 1. The number of halogens is 1. The third-order valence-corrected chi connectivity index (χ3v) is 6.14. The quantitative estimate of drug-likeness (QED) is 0.563. The number of hydrogen-bond donors (Lipinski definition) is 2. The number of hydrogen-bond acceptors (Lipinski definition) is 5. The number of likely N-dealkylation sites (N-methyl/N-ethyl adjacent to an activating group) is 1. The lowest BCUT2D eigenvalue weighted by Crippen LogP contribution is -2.29. The first-order chi connectivity index (χ1) is 15.5. The summed E-state index contributed by atoms with van der Waals surface area (Å²) in [5.74, 6) is 0.281. The molecule has 0 spiro atoms. The van der Waals surface area contributed by atoms with Gasteiger partial charge in [-0.1, -0.05) is 13.3 Å². The predicted molar refractivity (Wildman–Crippen MR) is 126 cm³/mol. The number of nitrogens with one attached hydrogen (secondary N) is 1. The van der Waals surface area contributed by atoms with Crippen molar-refractivity contribution in [2.75, 3.05) is 31.6 Å². The molecule has 1 aliphatic rings. The maximum atomic E-state index is 14.9. The fraction of sp³-hybridized carbons (Fsp3) is 0.400. The fourth-order valence-electron chi connectivity index (χ4n) is 4.32. The van der Waals surface area contributed by atoms with Crippen LogP contribution in [0, 0.1) is 5.82 Å². The summed E-state index contributed by atoms with van der Waals surface area (Å²) < 4.78 is 22.2. The van der Waals surface area contributed by atoms with Gasteiger partial charge in [0.05, 0.1) is 18.0 Å².